The molecule has 0 radical (unpaired) electrons. The normalized spacial score (nSPS) is 15.8. The smallest absolute Gasteiger partial charge is 0.295 e. The lowest BCUT2D eigenvalue weighted by atomic mass is 10.0. The van der Waals surface area contributed by atoms with E-state index in [-0.39, 0.29) is 10.6 Å². The number of rotatable bonds is 5. The second-order valence-electron chi connectivity index (χ2n) is 5.09. The van der Waals surface area contributed by atoms with Crippen molar-refractivity contribution in [1.29, 1.82) is 0 Å². The molecule has 0 heterocycles. The van der Waals surface area contributed by atoms with Crippen LogP contribution in [-0.4, -0.2) is 11.5 Å². The minimum absolute atomic E-state index is 0.212. The van der Waals surface area contributed by atoms with E-state index in [0.717, 1.165) is 18.9 Å². The van der Waals surface area contributed by atoms with Gasteiger partial charge in [0.2, 0.25) is 0 Å². The molecule has 98 valence electrons. The fraction of sp³-hybridized carbons (Fsp3) is 0.571. The molecule has 2 rings (SSSR count). The van der Waals surface area contributed by atoms with Crippen molar-refractivity contribution in [3.8, 4) is 0 Å². The molecule has 0 aliphatic heterocycles. The first-order chi connectivity index (χ1) is 8.68. The Labute approximate surface area is 108 Å². The van der Waals surface area contributed by atoms with E-state index in [2.05, 4.69) is 5.32 Å². The Morgan fingerprint density at radius 2 is 2.11 bits per heavy atom. The summed E-state index contributed by atoms with van der Waals surface area (Å²) in [6, 6.07) is 5.43. The van der Waals surface area contributed by atoms with Crippen LogP contribution in [0, 0.1) is 23.0 Å². The maximum Gasteiger partial charge on any atom is 0.295 e. The van der Waals surface area contributed by atoms with Gasteiger partial charge in [-0.05, 0) is 25.3 Å². The fourth-order valence-electron chi connectivity index (χ4n) is 2.75. The number of para-hydroxylation sites is 1. The van der Waals surface area contributed by atoms with Gasteiger partial charge in [0.15, 0.2) is 0 Å². The number of nitro groups is 1. The number of nitrogens with zero attached hydrogens (tertiary/aromatic N) is 1. The van der Waals surface area contributed by atoms with E-state index in [9.17, 15) is 10.1 Å². The quantitative estimate of drug-likeness (QED) is 0.635. The van der Waals surface area contributed by atoms with Gasteiger partial charge in [0.25, 0.3) is 5.69 Å². The zero-order valence-electron chi connectivity index (χ0n) is 10.8. The number of hydrogen-bond acceptors (Lipinski definition) is 3. The van der Waals surface area contributed by atoms with Crippen molar-refractivity contribution in [3.63, 3.8) is 0 Å². The molecule has 1 saturated carbocycles. The van der Waals surface area contributed by atoms with Gasteiger partial charge in [-0.25, -0.2) is 0 Å². The lowest BCUT2D eigenvalue weighted by Gasteiger charge is -2.11. The number of hydrogen-bond donors (Lipinski definition) is 1. The van der Waals surface area contributed by atoms with Gasteiger partial charge in [0, 0.05) is 12.1 Å². The van der Waals surface area contributed by atoms with Gasteiger partial charge in [0.05, 0.1) is 4.92 Å². The number of benzene rings is 1. The highest BCUT2D eigenvalue weighted by Gasteiger charge is 2.18. The van der Waals surface area contributed by atoms with Gasteiger partial charge in [-0.1, -0.05) is 37.8 Å². The van der Waals surface area contributed by atoms with E-state index >= 15 is 0 Å². The van der Waals surface area contributed by atoms with Crippen LogP contribution in [0.3, 0.4) is 0 Å². The zero-order valence-corrected chi connectivity index (χ0v) is 10.8. The first-order valence-corrected chi connectivity index (χ1v) is 6.66. The van der Waals surface area contributed by atoms with Crippen LogP contribution < -0.4 is 5.32 Å². The number of aryl methyl sites for hydroxylation is 1. The van der Waals surface area contributed by atoms with Gasteiger partial charge < -0.3 is 5.32 Å². The topological polar surface area (TPSA) is 55.2 Å². The fourth-order valence-corrected chi connectivity index (χ4v) is 2.75. The molecule has 0 atom stereocenters. The first kappa shape index (κ1) is 12.9. The molecule has 4 heteroatoms. The second-order valence-corrected chi connectivity index (χ2v) is 5.09. The molecule has 1 aliphatic carbocycles. The van der Waals surface area contributed by atoms with Crippen LogP contribution >= 0.6 is 0 Å². The summed E-state index contributed by atoms with van der Waals surface area (Å²) in [7, 11) is 0. The third kappa shape index (κ3) is 3.00. The predicted molar refractivity (Wildman–Crippen MR) is 72.9 cm³/mol. The Bertz CT molecular complexity index is 426. The molecule has 1 N–H and O–H groups in total. The van der Waals surface area contributed by atoms with E-state index in [1.807, 2.05) is 6.07 Å². The average molecular weight is 248 g/mol. The van der Waals surface area contributed by atoms with Crippen molar-refractivity contribution in [2.24, 2.45) is 5.92 Å². The molecule has 0 unspecified atom stereocenters. The van der Waals surface area contributed by atoms with Gasteiger partial charge in [-0.3, -0.25) is 10.1 Å². The highest BCUT2D eigenvalue weighted by atomic mass is 16.6. The van der Waals surface area contributed by atoms with Crippen LogP contribution in [0.1, 0.15) is 37.7 Å². The van der Waals surface area contributed by atoms with Gasteiger partial charge in [0.1, 0.15) is 5.69 Å². The number of nitrogens with one attached hydrogen (secondary N) is 1. The molecule has 0 saturated heterocycles. The van der Waals surface area contributed by atoms with E-state index in [0.29, 0.717) is 11.3 Å². The van der Waals surface area contributed by atoms with Gasteiger partial charge >= 0.3 is 0 Å². The Morgan fingerprint density at radius 3 is 2.78 bits per heavy atom. The number of nitro benzene ring substituents is 1. The molecule has 1 aromatic rings. The van der Waals surface area contributed by atoms with Crippen LogP contribution in [0.15, 0.2) is 18.2 Å². The van der Waals surface area contributed by atoms with E-state index < -0.39 is 0 Å². The number of anilines is 1. The van der Waals surface area contributed by atoms with E-state index in [1.165, 1.54) is 25.7 Å². The summed E-state index contributed by atoms with van der Waals surface area (Å²) >= 11 is 0. The molecule has 4 nitrogen and oxygen atoms in total. The van der Waals surface area contributed by atoms with Crippen molar-refractivity contribution in [3.05, 3.63) is 33.9 Å². The maximum atomic E-state index is 11.0. The minimum Gasteiger partial charge on any atom is -0.379 e. The van der Waals surface area contributed by atoms with Gasteiger partial charge in [-0.15, -0.1) is 0 Å². The maximum absolute atomic E-state index is 11.0. The first-order valence-electron chi connectivity index (χ1n) is 6.66. The van der Waals surface area contributed by atoms with Crippen LogP contribution in [0.2, 0.25) is 0 Å². The molecule has 1 aliphatic rings. The summed E-state index contributed by atoms with van der Waals surface area (Å²) < 4.78 is 0. The average Bonchev–Trinajstić information content (AvgIpc) is 2.81. The molecule has 1 aromatic carbocycles. The zero-order chi connectivity index (χ0) is 13.0. The van der Waals surface area contributed by atoms with Crippen LogP contribution in [0.25, 0.3) is 0 Å². The molecular weight excluding hydrogens is 228 g/mol. The molecule has 0 amide bonds. The molecule has 18 heavy (non-hydrogen) atoms. The van der Waals surface area contributed by atoms with Crippen LogP contribution in [0.5, 0.6) is 0 Å². The van der Waals surface area contributed by atoms with E-state index in [4.69, 9.17) is 0 Å². The summed E-state index contributed by atoms with van der Waals surface area (Å²) in [5, 5.41) is 14.2. The predicted octanol–water partition coefficient (Wildman–Crippen LogP) is 3.90. The highest BCUT2D eigenvalue weighted by molar-refractivity contribution is 5.64. The molecule has 0 aromatic heterocycles. The molecule has 0 bridgehead atoms. The second kappa shape index (κ2) is 5.85. The lowest BCUT2D eigenvalue weighted by Crippen LogP contribution is -2.08. The Kier molecular flexibility index (Phi) is 4.18. The Morgan fingerprint density at radius 1 is 1.39 bits per heavy atom. The van der Waals surface area contributed by atoms with Crippen molar-refractivity contribution < 1.29 is 4.92 Å². The summed E-state index contributed by atoms with van der Waals surface area (Å²) in [5.41, 5.74) is 1.58. The molecular formula is C14H20N2O2. The van der Waals surface area contributed by atoms with Crippen molar-refractivity contribution in [2.75, 3.05) is 11.9 Å². The highest BCUT2D eigenvalue weighted by Crippen LogP contribution is 2.30. The summed E-state index contributed by atoms with van der Waals surface area (Å²) in [5.74, 6) is 0.807. The molecule has 1 fully saturated rings. The Hall–Kier alpha value is -1.58. The van der Waals surface area contributed by atoms with Crippen LogP contribution in [0.4, 0.5) is 11.4 Å². The van der Waals surface area contributed by atoms with Gasteiger partial charge in [-0.2, -0.15) is 0 Å². The van der Waals surface area contributed by atoms with Crippen LogP contribution in [-0.2, 0) is 0 Å². The summed E-state index contributed by atoms with van der Waals surface area (Å²) in [6.45, 7) is 2.61. The summed E-state index contributed by atoms with van der Waals surface area (Å²) in [6.07, 6.45) is 6.44. The van der Waals surface area contributed by atoms with Crippen molar-refractivity contribution in [2.45, 2.75) is 39.0 Å². The Balaban J connectivity index is 1.96. The standard InChI is InChI=1S/C14H20N2O2/c1-11-5-4-8-13(14(11)16(17)18)15-10-9-12-6-2-3-7-12/h4-5,8,12,15H,2-3,6-7,9-10H2,1H3. The van der Waals surface area contributed by atoms with Crippen molar-refractivity contribution >= 4 is 11.4 Å². The van der Waals surface area contributed by atoms with Crippen molar-refractivity contribution in [1.82, 2.24) is 0 Å². The summed E-state index contributed by atoms with van der Waals surface area (Å²) in [4.78, 5) is 10.7. The SMILES string of the molecule is Cc1cccc(NCCC2CCCC2)c1[N+](=O)[O-]. The largest absolute Gasteiger partial charge is 0.379 e. The third-order valence-electron chi connectivity index (χ3n) is 3.76. The lowest BCUT2D eigenvalue weighted by molar-refractivity contribution is -0.384. The third-order valence-corrected chi connectivity index (χ3v) is 3.76. The van der Waals surface area contributed by atoms with E-state index in [1.54, 1.807) is 19.1 Å². The monoisotopic (exact) mass is 248 g/mol. The molecule has 0 spiro atoms. The minimum atomic E-state index is -0.298.